The molecule has 0 amide bonds. The van der Waals surface area contributed by atoms with Crippen molar-refractivity contribution >= 4 is 21.6 Å². The molecular weight excluding hydrogens is 232 g/mol. The van der Waals surface area contributed by atoms with Crippen LogP contribution in [0.3, 0.4) is 0 Å². The summed E-state index contributed by atoms with van der Waals surface area (Å²) in [5.74, 6) is 0.939. The topological polar surface area (TPSA) is 34.1 Å². The van der Waals surface area contributed by atoms with E-state index in [0.717, 1.165) is 17.8 Å². The van der Waals surface area contributed by atoms with E-state index in [2.05, 4.69) is 17.4 Å². The Hall–Kier alpha value is -1.13. The summed E-state index contributed by atoms with van der Waals surface area (Å²) in [6, 6.07) is 6.60. The van der Waals surface area contributed by atoms with Gasteiger partial charge >= 0.3 is 0 Å². The molecule has 2 aromatic rings. The average molecular weight is 248 g/mol. The van der Waals surface area contributed by atoms with E-state index >= 15 is 0 Å². The third-order valence-corrected chi connectivity index (χ3v) is 4.18. The number of thiazole rings is 1. The van der Waals surface area contributed by atoms with Crippen molar-refractivity contribution < 1.29 is 4.74 Å². The molecule has 1 fully saturated rings. The van der Waals surface area contributed by atoms with Crippen LogP contribution < -0.4 is 10.1 Å². The highest BCUT2D eigenvalue weighted by molar-refractivity contribution is 7.18. The van der Waals surface area contributed by atoms with Gasteiger partial charge in [0.05, 0.1) is 22.9 Å². The molecule has 1 N–H and O–H groups in total. The number of aromatic nitrogens is 1. The van der Waals surface area contributed by atoms with Crippen molar-refractivity contribution in [1.82, 2.24) is 10.3 Å². The predicted molar refractivity (Wildman–Crippen MR) is 70.8 cm³/mol. The standard InChI is InChI=1S/C13H16N2OS/c1-2-16-9-5-6-10-12(8-9)17-13(15-10)11-4-3-7-14-11/h5-6,8,11,14H,2-4,7H2,1H3. The zero-order valence-corrected chi connectivity index (χ0v) is 10.7. The van der Waals surface area contributed by atoms with Crippen molar-refractivity contribution in [2.24, 2.45) is 0 Å². The maximum atomic E-state index is 5.51. The van der Waals surface area contributed by atoms with E-state index in [-0.39, 0.29) is 0 Å². The van der Waals surface area contributed by atoms with Crippen LogP contribution in [0.4, 0.5) is 0 Å². The number of fused-ring (bicyclic) bond motifs is 1. The van der Waals surface area contributed by atoms with Crippen LogP contribution in [0.5, 0.6) is 5.75 Å². The van der Waals surface area contributed by atoms with Crippen LogP contribution in [0.15, 0.2) is 18.2 Å². The fourth-order valence-electron chi connectivity index (χ4n) is 2.22. The molecule has 4 heteroatoms. The van der Waals surface area contributed by atoms with Gasteiger partial charge in [0.25, 0.3) is 0 Å². The summed E-state index contributed by atoms with van der Waals surface area (Å²) in [7, 11) is 0. The molecule has 0 aliphatic carbocycles. The van der Waals surface area contributed by atoms with Gasteiger partial charge < -0.3 is 10.1 Å². The van der Waals surface area contributed by atoms with E-state index in [1.54, 1.807) is 11.3 Å². The maximum Gasteiger partial charge on any atom is 0.120 e. The van der Waals surface area contributed by atoms with Crippen molar-refractivity contribution in [3.8, 4) is 5.75 Å². The minimum atomic E-state index is 0.461. The van der Waals surface area contributed by atoms with E-state index in [1.807, 2.05) is 13.0 Å². The van der Waals surface area contributed by atoms with Crippen molar-refractivity contribution in [2.75, 3.05) is 13.2 Å². The summed E-state index contributed by atoms with van der Waals surface area (Å²) in [5, 5.41) is 4.70. The van der Waals surface area contributed by atoms with Crippen molar-refractivity contribution in [1.29, 1.82) is 0 Å². The van der Waals surface area contributed by atoms with Crippen LogP contribution in [-0.4, -0.2) is 18.1 Å². The van der Waals surface area contributed by atoms with E-state index in [9.17, 15) is 0 Å². The van der Waals surface area contributed by atoms with E-state index in [0.29, 0.717) is 12.6 Å². The summed E-state index contributed by atoms with van der Waals surface area (Å²) in [6.07, 6.45) is 2.46. The molecule has 90 valence electrons. The van der Waals surface area contributed by atoms with E-state index in [1.165, 1.54) is 22.5 Å². The number of nitrogens with one attached hydrogen (secondary N) is 1. The Morgan fingerprint density at radius 1 is 1.53 bits per heavy atom. The van der Waals surface area contributed by atoms with Gasteiger partial charge in [0.2, 0.25) is 0 Å². The molecule has 0 radical (unpaired) electrons. The number of hydrogen-bond acceptors (Lipinski definition) is 4. The number of rotatable bonds is 3. The zero-order valence-electron chi connectivity index (χ0n) is 9.90. The van der Waals surface area contributed by atoms with Gasteiger partial charge in [-0.25, -0.2) is 4.98 Å². The molecule has 3 rings (SSSR count). The Bertz CT molecular complexity index is 517. The Kier molecular flexibility index (Phi) is 2.99. The van der Waals surface area contributed by atoms with Gasteiger partial charge in [0.15, 0.2) is 0 Å². The summed E-state index contributed by atoms with van der Waals surface area (Å²) in [4.78, 5) is 4.70. The van der Waals surface area contributed by atoms with Gasteiger partial charge in [-0.2, -0.15) is 0 Å². The first-order valence-corrected chi connectivity index (χ1v) is 6.95. The van der Waals surface area contributed by atoms with Crippen molar-refractivity contribution in [2.45, 2.75) is 25.8 Å². The zero-order chi connectivity index (χ0) is 11.7. The van der Waals surface area contributed by atoms with Crippen molar-refractivity contribution in [3.05, 3.63) is 23.2 Å². The van der Waals surface area contributed by atoms with Crippen LogP contribution in [0.25, 0.3) is 10.2 Å². The van der Waals surface area contributed by atoms with Crippen LogP contribution in [0, 0.1) is 0 Å². The second-order valence-electron chi connectivity index (χ2n) is 4.26. The maximum absolute atomic E-state index is 5.51. The highest BCUT2D eigenvalue weighted by Gasteiger charge is 2.19. The van der Waals surface area contributed by atoms with E-state index < -0.39 is 0 Å². The lowest BCUT2D eigenvalue weighted by Crippen LogP contribution is -2.12. The Balaban J connectivity index is 1.94. The molecule has 1 aromatic heterocycles. The molecule has 1 aromatic carbocycles. The first-order valence-electron chi connectivity index (χ1n) is 6.13. The van der Waals surface area contributed by atoms with Crippen LogP contribution in [0.1, 0.15) is 30.8 Å². The first-order chi connectivity index (χ1) is 8.36. The molecule has 1 saturated heterocycles. The molecule has 2 heterocycles. The number of ether oxygens (including phenoxy) is 1. The molecule has 0 bridgehead atoms. The summed E-state index contributed by atoms with van der Waals surface area (Å²) in [6.45, 7) is 3.83. The molecule has 1 aliphatic rings. The number of hydrogen-bond donors (Lipinski definition) is 1. The minimum Gasteiger partial charge on any atom is -0.494 e. The first kappa shape index (κ1) is 11.0. The van der Waals surface area contributed by atoms with Gasteiger partial charge in [-0.3, -0.25) is 0 Å². The average Bonchev–Trinajstić information content (AvgIpc) is 2.97. The summed E-state index contributed by atoms with van der Waals surface area (Å²) < 4.78 is 6.73. The predicted octanol–water partition coefficient (Wildman–Crippen LogP) is 3.12. The Morgan fingerprint density at radius 2 is 2.47 bits per heavy atom. The largest absolute Gasteiger partial charge is 0.494 e. The second-order valence-corrected chi connectivity index (χ2v) is 5.33. The monoisotopic (exact) mass is 248 g/mol. The highest BCUT2D eigenvalue weighted by Crippen LogP contribution is 2.32. The molecule has 3 nitrogen and oxygen atoms in total. The normalized spacial score (nSPS) is 19.9. The van der Waals surface area contributed by atoms with Gasteiger partial charge in [0.1, 0.15) is 10.8 Å². The third kappa shape index (κ3) is 2.15. The lowest BCUT2D eigenvalue weighted by Gasteiger charge is -2.03. The summed E-state index contributed by atoms with van der Waals surface area (Å²) in [5.41, 5.74) is 1.09. The molecule has 0 saturated carbocycles. The summed E-state index contributed by atoms with van der Waals surface area (Å²) >= 11 is 1.78. The van der Waals surface area contributed by atoms with Crippen LogP contribution in [0.2, 0.25) is 0 Å². The molecule has 0 spiro atoms. The van der Waals surface area contributed by atoms with Crippen LogP contribution in [-0.2, 0) is 0 Å². The second kappa shape index (κ2) is 4.63. The lowest BCUT2D eigenvalue weighted by atomic mass is 10.2. The number of benzene rings is 1. The van der Waals surface area contributed by atoms with Gasteiger partial charge in [-0.1, -0.05) is 0 Å². The number of nitrogens with zero attached hydrogens (tertiary/aromatic N) is 1. The molecule has 1 aliphatic heterocycles. The third-order valence-electron chi connectivity index (χ3n) is 3.05. The Morgan fingerprint density at radius 3 is 3.24 bits per heavy atom. The minimum absolute atomic E-state index is 0.461. The van der Waals surface area contributed by atoms with Gasteiger partial charge in [0, 0.05) is 0 Å². The SMILES string of the molecule is CCOc1ccc2nc(C3CCCN3)sc2c1. The molecular formula is C13H16N2OS. The van der Waals surface area contributed by atoms with Gasteiger partial charge in [-0.05, 0) is 44.5 Å². The lowest BCUT2D eigenvalue weighted by molar-refractivity contribution is 0.341. The molecule has 1 unspecified atom stereocenters. The fourth-order valence-corrected chi connectivity index (χ4v) is 3.33. The van der Waals surface area contributed by atoms with E-state index in [4.69, 9.17) is 9.72 Å². The molecule has 17 heavy (non-hydrogen) atoms. The van der Waals surface area contributed by atoms with Crippen LogP contribution >= 0.6 is 11.3 Å². The Labute approximate surface area is 105 Å². The fraction of sp³-hybridized carbons (Fsp3) is 0.462. The quantitative estimate of drug-likeness (QED) is 0.906. The highest BCUT2D eigenvalue weighted by atomic mass is 32.1. The molecule has 1 atom stereocenters. The van der Waals surface area contributed by atoms with Crippen molar-refractivity contribution in [3.63, 3.8) is 0 Å². The smallest absolute Gasteiger partial charge is 0.120 e. The van der Waals surface area contributed by atoms with Gasteiger partial charge in [-0.15, -0.1) is 11.3 Å².